The molecule has 10 heavy (non-hydrogen) atoms. The zero-order valence-corrected chi connectivity index (χ0v) is 6.40. The third-order valence-corrected chi connectivity index (χ3v) is 3.47. The number of hydrogen-bond donors (Lipinski definition) is 2. The van der Waals surface area contributed by atoms with Crippen LogP contribution >= 0.6 is 0 Å². The molecule has 2 heteroatoms. The molecule has 0 atom stereocenters. The van der Waals surface area contributed by atoms with Crippen LogP contribution in [-0.2, 0) is 0 Å². The minimum absolute atomic E-state index is 0.194. The van der Waals surface area contributed by atoms with Gasteiger partial charge in [-0.25, -0.2) is 0 Å². The molecule has 0 aliphatic heterocycles. The smallest absolute Gasteiger partial charge is 0.0160 e. The van der Waals surface area contributed by atoms with Gasteiger partial charge in [-0.05, 0) is 44.1 Å². The lowest BCUT2D eigenvalue weighted by Crippen LogP contribution is -2.33. The van der Waals surface area contributed by atoms with Gasteiger partial charge in [0, 0.05) is 5.54 Å². The summed E-state index contributed by atoms with van der Waals surface area (Å²) in [5.74, 6) is 0. The van der Waals surface area contributed by atoms with Crippen molar-refractivity contribution in [1.29, 1.82) is 0 Å². The molecule has 0 amide bonds. The monoisotopic (exact) mass is 140 g/mol. The van der Waals surface area contributed by atoms with Crippen molar-refractivity contribution in [3.8, 4) is 0 Å². The molecular weight excluding hydrogens is 124 g/mol. The van der Waals surface area contributed by atoms with E-state index in [-0.39, 0.29) is 5.54 Å². The minimum Gasteiger partial charge on any atom is -0.330 e. The van der Waals surface area contributed by atoms with Crippen LogP contribution in [0.3, 0.4) is 0 Å². The van der Waals surface area contributed by atoms with E-state index < -0.39 is 0 Å². The van der Waals surface area contributed by atoms with Crippen molar-refractivity contribution in [3.63, 3.8) is 0 Å². The van der Waals surface area contributed by atoms with Crippen molar-refractivity contribution >= 4 is 0 Å². The maximum absolute atomic E-state index is 6.11. The van der Waals surface area contributed by atoms with Gasteiger partial charge in [-0.15, -0.1) is 0 Å². The average Bonchev–Trinajstić information content (AvgIpc) is 2.42. The van der Waals surface area contributed by atoms with E-state index in [4.69, 9.17) is 11.5 Å². The van der Waals surface area contributed by atoms with Crippen molar-refractivity contribution in [1.82, 2.24) is 0 Å². The van der Waals surface area contributed by atoms with E-state index >= 15 is 0 Å². The molecule has 4 N–H and O–H groups in total. The topological polar surface area (TPSA) is 52.0 Å². The van der Waals surface area contributed by atoms with Gasteiger partial charge < -0.3 is 11.5 Å². The van der Waals surface area contributed by atoms with Gasteiger partial charge in [0.25, 0.3) is 0 Å². The maximum atomic E-state index is 6.11. The first-order valence-electron chi connectivity index (χ1n) is 4.17. The molecule has 2 saturated carbocycles. The van der Waals surface area contributed by atoms with Crippen LogP contribution in [0.25, 0.3) is 0 Å². The van der Waals surface area contributed by atoms with Crippen LogP contribution in [0.4, 0.5) is 0 Å². The van der Waals surface area contributed by atoms with Gasteiger partial charge in [-0.3, -0.25) is 0 Å². The Morgan fingerprint density at radius 3 is 1.90 bits per heavy atom. The molecule has 0 aromatic carbocycles. The Morgan fingerprint density at radius 2 is 1.70 bits per heavy atom. The first kappa shape index (κ1) is 6.62. The summed E-state index contributed by atoms with van der Waals surface area (Å²) in [6.07, 6.45) is 6.17. The van der Waals surface area contributed by atoms with E-state index in [9.17, 15) is 0 Å². The lowest BCUT2D eigenvalue weighted by atomic mass is 9.84. The molecule has 0 spiro atoms. The van der Waals surface area contributed by atoms with Crippen molar-refractivity contribution in [2.75, 3.05) is 6.54 Å². The first-order chi connectivity index (χ1) is 4.68. The highest BCUT2D eigenvalue weighted by Crippen LogP contribution is 2.54. The van der Waals surface area contributed by atoms with Crippen LogP contribution in [-0.4, -0.2) is 12.1 Å². The summed E-state index contributed by atoms with van der Waals surface area (Å²) in [7, 11) is 0. The molecule has 2 fully saturated rings. The molecule has 2 bridgehead atoms. The highest BCUT2D eigenvalue weighted by Gasteiger charge is 2.51. The normalized spacial score (nSPS) is 52.2. The fraction of sp³-hybridized carbons (Fsp3) is 1.00. The fourth-order valence-electron chi connectivity index (χ4n) is 2.65. The molecule has 2 aliphatic rings. The van der Waals surface area contributed by atoms with Gasteiger partial charge in [-0.1, -0.05) is 0 Å². The van der Waals surface area contributed by atoms with E-state index in [2.05, 4.69) is 0 Å². The van der Waals surface area contributed by atoms with Crippen molar-refractivity contribution in [2.45, 2.75) is 37.6 Å². The molecule has 2 aliphatic carbocycles. The molecule has 0 radical (unpaired) electrons. The molecule has 0 saturated heterocycles. The molecule has 0 unspecified atom stereocenters. The predicted octanol–water partition coefficient (Wildman–Crippen LogP) is 0.607. The molecule has 0 aromatic rings. The van der Waals surface area contributed by atoms with Gasteiger partial charge in [0.15, 0.2) is 0 Å². The van der Waals surface area contributed by atoms with Crippen molar-refractivity contribution < 1.29 is 0 Å². The third-order valence-electron chi connectivity index (χ3n) is 3.47. The highest BCUT2D eigenvalue weighted by molar-refractivity contribution is 5.08. The standard InChI is InChI=1S/C8H16N2/c9-6-7-1-3-8(10,5-7)4-2-7/h1-6,9-10H2. The Labute approximate surface area is 62.0 Å². The number of nitrogens with two attached hydrogens (primary N) is 2. The third kappa shape index (κ3) is 0.722. The van der Waals surface area contributed by atoms with E-state index in [1.165, 1.54) is 32.1 Å². The summed E-state index contributed by atoms with van der Waals surface area (Å²) in [6, 6.07) is 0. The number of fused-ring (bicyclic) bond motifs is 2. The summed E-state index contributed by atoms with van der Waals surface area (Å²) >= 11 is 0. The zero-order valence-electron chi connectivity index (χ0n) is 6.40. The lowest BCUT2D eigenvalue weighted by Gasteiger charge is -2.24. The fourth-order valence-corrected chi connectivity index (χ4v) is 2.65. The minimum atomic E-state index is 0.194. The molecule has 0 heterocycles. The summed E-state index contributed by atoms with van der Waals surface area (Å²) in [5.41, 5.74) is 12.5. The molecule has 0 aromatic heterocycles. The Bertz CT molecular complexity index is 145. The Hall–Kier alpha value is -0.0800. The second kappa shape index (κ2) is 1.74. The highest BCUT2D eigenvalue weighted by atomic mass is 14.8. The summed E-state index contributed by atoms with van der Waals surface area (Å²) in [6.45, 7) is 0.853. The number of hydrogen-bond acceptors (Lipinski definition) is 2. The van der Waals surface area contributed by atoms with Crippen LogP contribution in [0.15, 0.2) is 0 Å². The van der Waals surface area contributed by atoms with Crippen LogP contribution in [0.2, 0.25) is 0 Å². The van der Waals surface area contributed by atoms with Crippen LogP contribution < -0.4 is 11.5 Å². The first-order valence-corrected chi connectivity index (χ1v) is 4.17. The van der Waals surface area contributed by atoms with Crippen molar-refractivity contribution in [3.05, 3.63) is 0 Å². The summed E-state index contributed by atoms with van der Waals surface area (Å²) < 4.78 is 0. The Morgan fingerprint density at radius 1 is 1.10 bits per heavy atom. The quantitative estimate of drug-likeness (QED) is 0.560. The zero-order chi connectivity index (χ0) is 7.24. The molecule has 58 valence electrons. The second-order valence-corrected chi connectivity index (χ2v) is 4.24. The van der Waals surface area contributed by atoms with Crippen LogP contribution in [0, 0.1) is 5.41 Å². The average molecular weight is 140 g/mol. The van der Waals surface area contributed by atoms with Crippen LogP contribution in [0.5, 0.6) is 0 Å². The summed E-state index contributed by atoms with van der Waals surface area (Å²) in [4.78, 5) is 0. The Balaban J connectivity index is 2.19. The Kier molecular flexibility index (Phi) is 1.15. The SMILES string of the molecule is NCC12CCC(N)(CC1)C2. The summed E-state index contributed by atoms with van der Waals surface area (Å²) in [5, 5.41) is 0. The van der Waals surface area contributed by atoms with Gasteiger partial charge >= 0.3 is 0 Å². The van der Waals surface area contributed by atoms with E-state index in [0.29, 0.717) is 5.41 Å². The van der Waals surface area contributed by atoms with Gasteiger partial charge in [0.1, 0.15) is 0 Å². The van der Waals surface area contributed by atoms with Crippen molar-refractivity contribution in [2.24, 2.45) is 16.9 Å². The van der Waals surface area contributed by atoms with E-state index in [1.54, 1.807) is 0 Å². The molecule has 2 rings (SSSR count). The molecular formula is C8H16N2. The van der Waals surface area contributed by atoms with Gasteiger partial charge in [0.2, 0.25) is 0 Å². The largest absolute Gasteiger partial charge is 0.330 e. The lowest BCUT2D eigenvalue weighted by molar-refractivity contribution is 0.304. The van der Waals surface area contributed by atoms with Gasteiger partial charge in [-0.2, -0.15) is 0 Å². The van der Waals surface area contributed by atoms with Crippen LogP contribution in [0.1, 0.15) is 32.1 Å². The van der Waals surface area contributed by atoms with E-state index in [0.717, 1.165) is 6.54 Å². The maximum Gasteiger partial charge on any atom is 0.0160 e. The van der Waals surface area contributed by atoms with Gasteiger partial charge in [0.05, 0.1) is 0 Å². The molecule has 2 nitrogen and oxygen atoms in total. The predicted molar refractivity (Wildman–Crippen MR) is 41.5 cm³/mol. The number of rotatable bonds is 1. The second-order valence-electron chi connectivity index (χ2n) is 4.24. The van der Waals surface area contributed by atoms with E-state index in [1.807, 2.05) is 0 Å².